The molecule has 2 N–H and O–H groups in total. The van der Waals surface area contributed by atoms with Crippen LogP contribution in [0.3, 0.4) is 0 Å². The van der Waals surface area contributed by atoms with Gasteiger partial charge in [0.2, 0.25) is 0 Å². The number of amides is 2. The first-order valence-corrected chi connectivity index (χ1v) is 8.04. The van der Waals surface area contributed by atoms with Crippen molar-refractivity contribution in [2.24, 2.45) is 0 Å². The molecule has 2 aromatic rings. The van der Waals surface area contributed by atoms with Gasteiger partial charge in [-0.2, -0.15) is 0 Å². The fraction of sp³-hybridized carbons (Fsp3) is 0.412. The number of furan rings is 1. The molecule has 0 unspecified atom stereocenters. The van der Waals surface area contributed by atoms with Gasteiger partial charge in [0.1, 0.15) is 11.6 Å². The number of anilines is 2. The molecule has 0 aromatic carbocycles. The van der Waals surface area contributed by atoms with Crippen molar-refractivity contribution in [1.29, 1.82) is 0 Å². The molecule has 0 radical (unpaired) electrons. The molecule has 1 aliphatic heterocycles. The number of carbonyl (C=O) groups excluding carboxylic acids is 1. The van der Waals surface area contributed by atoms with Crippen molar-refractivity contribution in [2.45, 2.75) is 32.6 Å². The third-order valence-electron chi connectivity index (χ3n) is 3.75. The van der Waals surface area contributed by atoms with Gasteiger partial charge in [0.25, 0.3) is 0 Å². The van der Waals surface area contributed by atoms with Crippen molar-refractivity contribution in [2.75, 3.05) is 23.3 Å². The molecule has 0 aliphatic carbocycles. The van der Waals surface area contributed by atoms with E-state index in [1.807, 2.05) is 12.1 Å². The summed E-state index contributed by atoms with van der Waals surface area (Å²) in [5.41, 5.74) is 0.644. The molecule has 1 fully saturated rings. The van der Waals surface area contributed by atoms with Crippen LogP contribution in [-0.4, -0.2) is 36.3 Å². The third-order valence-corrected chi connectivity index (χ3v) is 3.75. The molecule has 7 heteroatoms. The van der Waals surface area contributed by atoms with E-state index in [1.54, 1.807) is 24.6 Å². The Morgan fingerprint density at radius 1 is 1.29 bits per heavy atom. The molecule has 128 valence electrons. The number of nitrogens with one attached hydrogen (secondary N) is 2. The predicted octanol–water partition coefficient (Wildman–Crippen LogP) is 2.61. The zero-order chi connectivity index (χ0) is 16.9. The molecule has 3 heterocycles. The maximum Gasteiger partial charge on any atom is 0.319 e. The van der Waals surface area contributed by atoms with Crippen LogP contribution >= 0.6 is 0 Å². The Morgan fingerprint density at radius 2 is 2.08 bits per heavy atom. The summed E-state index contributed by atoms with van der Waals surface area (Å²) in [5, 5.41) is 5.48. The lowest BCUT2D eigenvalue weighted by molar-refractivity contribution is -0.00545. The number of urea groups is 1. The Morgan fingerprint density at radius 3 is 2.71 bits per heavy atom. The second kappa shape index (κ2) is 7.35. The number of ether oxygens (including phenoxy) is 1. The van der Waals surface area contributed by atoms with E-state index in [-0.39, 0.29) is 18.2 Å². The molecule has 24 heavy (non-hydrogen) atoms. The van der Waals surface area contributed by atoms with Gasteiger partial charge in [0, 0.05) is 13.1 Å². The van der Waals surface area contributed by atoms with Gasteiger partial charge in [0.05, 0.1) is 36.9 Å². The number of morpholine rings is 1. The lowest BCUT2D eigenvalue weighted by Crippen LogP contribution is -2.45. The summed E-state index contributed by atoms with van der Waals surface area (Å²) in [4.78, 5) is 18.5. The number of hydrogen-bond acceptors (Lipinski definition) is 5. The van der Waals surface area contributed by atoms with E-state index in [9.17, 15) is 4.79 Å². The molecule has 1 aliphatic rings. The number of pyridine rings is 1. The molecule has 0 bridgehead atoms. The lowest BCUT2D eigenvalue weighted by Gasteiger charge is -2.36. The van der Waals surface area contributed by atoms with Gasteiger partial charge >= 0.3 is 6.03 Å². The minimum atomic E-state index is -0.297. The summed E-state index contributed by atoms with van der Waals surface area (Å²) < 4.78 is 10.9. The zero-order valence-electron chi connectivity index (χ0n) is 13.9. The van der Waals surface area contributed by atoms with Crippen molar-refractivity contribution in [3.05, 3.63) is 42.5 Å². The third kappa shape index (κ3) is 4.26. The van der Waals surface area contributed by atoms with Crippen molar-refractivity contribution in [1.82, 2.24) is 10.3 Å². The Balaban J connectivity index is 1.53. The van der Waals surface area contributed by atoms with E-state index in [4.69, 9.17) is 9.15 Å². The normalized spacial score (nSPS) is 20.7. The van der Waals surface area contributed by atoms with Gasteiger partial charge in [-0.1, -0.05) is 0 Å². The number of carbonyl (C=O) groups is 1. The fourth-order valence-electron chi connectivity index (χ4n) is 2.77. The summed E-state index contributed by atoms with van der Waals surface area (Å²) in [7, 11) is 0. The average molecular weight is 330 g/mol. The Labute approximate surface area is 141 Å². The van der Waals surface area contributed by atoms with Crippen LogP contribution in [0.15, 0.2) is 41.1 Å². The fourth-order valence-corrected chi connectivity index (χ4v) is 2.77. The van der Waals surface area contributed by atoms with Gasteiger partial charge in [0.15, 0.2) is 0 Å². The summed E-state index contributed by atoms with van der Waals surface area (Å²) >= 11 is 0. The van der Waals surface area contributed by atoms with E-state index in [0.29, 0.717) is 18.0 Å². The van der Waals surface area contributed by atoms with Gasteiger partial charge in [-0.15, -0.1) is 0 Å². The zero-order valence-corrected chi connectivity index (χ0v) is 13.9. The highest BCUT2D eigenvalue weighted by atomic mass is 16.5. The van der Waals surface area contributed by atoms with Crippen molar-refractivity contribution >= 4 is 17.5 Å². The monoisotopic (exact) mass is 330 g/mol. The van der Waals surface area contributed by atoms with E-state index < -0.39 is 0 Å². The van der Waals surface area contributed by atoms with Crippen LogP contribution in [0.2, 0.25) is 0 Å². The molecule has 0 saturated carbocycles. The van der Waals surface area contributed by atoms with Crippen LogP contribution in [0.25, 0.3) is 0 Å². The number of hydrogen-bond donors (Lipinski definition) is 2. The van der Waals surface area contributed by atoms with Crippen LogP contribution in [0, 0.1) is 0 Å². The molecule has 2 atom stereocenters. The Kier molecular flexibility index (Phi) is 5.00. The Bertz CT molecular complexity index is 647. The second-order valence-electron chi connectivity index (χ2n) is 5.95. The number of nitrogens with zero attached hydrogens (tertiary/aromatic N) is 2. The first-order chi connectivity index (χ1) is 11.6. The van der Waals surface area contributed by atoms with Crippen LogP contribution in [0.5, 0.6) is 0 Å². The van der Waals surface area contributed by atoms with Gasteiger partial charge in [-0.05, 0) is 38.1 Å². The highest BCUT2D eigenvalue weighted by Gasteiger charge is 2.23. The predicted molar refractivity (Wildman–Crippen MR) is 91.0 cm³/mol. The molecule has 7 nitrogen and oxygen atoms in total. The maximum absolute atomic E-state index is 11.9. The smallest absolute Gasteiger partial charge is 0.319 e. The second-order valence-corrected chi connectivity index (χ2v) is 5.95. The summed E-state index contributed by atoms with van der Waals surface area (Å²) in [6.45, 7) is 6.08. The van der Waals surface area contributed by atoms with Crippen LogP contribution in [0.4, 0.5) is 16.3 Å². The molecule has 3 rings (SSSR count). The average Bonchev–Trinajstić information content (AvgIpc) is 3.06. The minimum Gasteiger partial charge on any atom is -0.467 e. The highest BCUT2D eigenvalue weighted by molar-refractivity contribution is 5.89. The van der Waals surface area contributed by atoms with Crippen molar-refractivity contribution < 1.29 is 13.9 Å². The van der Waals surface area contributed by atoms with Gasteiger partial charge in [-0.25, -0.2) is 9.78 Å². The van der Waals surface area contributed by atoms with E-state index in [0.717, 1.165) is 18.9 Å². The molecular formula is C17H22N4O3. The summed E-state index contributed by atoms with van der Waals surface area (Å²) in [6.07, 6.45) is 3.60. The topological polar surface area (TPSA) is 79.6 Å². The van der Waals surface area contributed by atoms with E-state index in [1.165, 1.54) is 0 Å². The SMILES string of the molecule is C[C@@H]1CN(c2ccc(NC(=O)NCc3ccco3)cn2)C[C@H](C)O1. The highest BCUT2D eigenvalue weighted by Crippen LogP contribution is 2.19. The lowest BCUT2D eigenvalue weighted by atomic mass is 10.2. The van der Waals surface area contributed by atoms with Gasteiger partial charge < -0.3 is 24.7 Å². The summed E-state index contributed by atoms with van der Waals surface area (Å²) in [5.74, 6) is 1.59. The molecule has 2 aromatic heterocycles. The molecular weight excluding hydrogens is 308 g/mol. The maximum atomic E-state index is 11.9. The standard InChI is InChI=1S/C17H22N4O3/c1-12-10-21(11-13(2)24-12)16-6-5-14(8-18-16)20-17(22)19-9-15-4-3-7-23-15/h3-8,12-13H,9-11H2,1-2H3,(H2,19,20,22)/t12-,13+. The summed E-state index contributed by atoms with van der Waals surface area (Å²) in [6, 6.07) is 7.05. The minimum absolute atomic E-state index is 0.181. The number of rotatable bonds is 4. The number of aromatic nitrogens is 1. The largest absolute Gasteiger partial charge is 0.467 e. The van der Waals surface area contributed by atoms with Crippen molar-refractivity contribution in [3.63, 3.8) is 0 Å². The van der Waals surface area contributed by atoms with Crippen LogP contribution in [0.1, 0.15) is 19.6 Å². The quantitative estimate of drug-likeness (QED) is 0.901. The van der Waals surface area contributed by atoms with Gasteiger partial charge in [-0.3, -0.25) is 0 Å². The van der Waals surface area contributed by atoms with Crippen molar-refractivity contribution in [3.8, 4) is 0 Å². The molecule has 0 spiro atoms. The van der Waals surface area contributed by atoms with E-state index >= 15 is 0 Å². The first kappa shape index (κ1) is 16.3. The first-order valence-electron chi connectivity index (χ1n) is 8.04. The van der Waals surface area contributed by atoms with Crippen LogP contribution in [-0.2, 0) is 11.3 Å². The van der Waals surface area contributed by atoms with Crippen LogP contribution < -0.4 is 15.5 Å². The molecule has 1 saturated heterocycles. The van der Waals surface area contributed by atoms with E-state index in [2.05, 4.69) is 34.4 Å². The Hall–Kier alpha value is -2.54. The molecule has 2 amide bonds.